The molecule has 0 saturated carbocycles. The minimum atomic E-state index is -2.74. The van der Waals surface area contributed by atoms with Gasteiger partial charge in [0.15, 0.2) is 0 Å². The largest absolute Gasteiger partial charge is 0.340 e. The number of benzene rings is 1. The zero-order chi connectivity index (χ0) is 20.6. The predicted octanol–water partition coefficient (Wildman–Crippen LogP) is 2.21. The van der Waals surface area contributed by atoms with Crippen LogP contribution < -0.4 is 0 Å². The Bertz CT molecular complexity index is 987. The molecule has 0 unspecified atom stereocenters. The van der Waals surface area contributed by atoms with Gasteiger partial charge in [0, 0.05) is 37.7 Å². The first-order chi connectivity index (χ1) is 13.9. The number of amides is 2. The van der Waals surface area contributed by atoms with E-state index in [0.717, 1.165) is 0 Å². The molecule has 0 aliphatic carbocycles. The Hall–Kier alpha value is -3.28. The van der Waals surface area contributed by atoms with Gasteiger partial charge < -0.3 is 9.80 Å². The van der Waals surface area contributed by atoms with Gasteiger partial charge >= 0.3 is 0 Å². The van der Waals surface area contributed by atoms with Gasteiger partial charge in [-0.1, -0.05) is 6.07 Å². The molecule has 9 heteroatoms. The molecule has 3 heterocycles. The van der Waals surface area contributed by atoms with Crippen LogP contribution in [0.1, 0.15) is 40.5 Å². The van der Waals surface area contributed by atoms with Gasteiger partial charge in [0.05, 0.1) is 30.4 Å². The minimum Gasteiger partial charge on any atom is -0.340 e. The van der Waals surface area contributed by atoms with Crippen molar-refractivity contribution in [3.8, 4) is 6.07 Å². The third kappa shape index (κ3) is 3.70. The lowest BCUT2D eigenvalue weighted by molar-refractivity contribution is -0.142. The third-order valence-corrected chi connectivity index (χ3v) is 5.41. The van der Waals surface area contributed by atoms with Crippen molar-refractivity contribution in [3.05, 3.63) is 53.3 Å². The topological polar surface area (TPSA) is 82.2 Å². The lowest BCUT2D eigenvalue weighted by Crippen LogP contribution is -2.51. The molecule has 7 nitrogen and oxygen atoms in total. The number of likely N-dealkylation sites (tertiary alicyclic amines) is 1. The Morgan fingerprint density at radius 2 is 1.93 bits per heavy atom. The van der Waals surface area contributed by atoms with Crippen molar-refractivity contribution in [1.82, 2.24) is 19.6 Å². The average Bonchev–Trinajstić information content (AvgIpc) is 3.20. The Balaban J connectivity index is 1.57. The number of fused-ring (bicyclic) bond motifs is 1. The van der Waals surface area contributed by atoms with Crippen LogP contribution in [-0.4, -0.2) is 57.0 Å². The molecule has 1 aromatic heterocycles. The van der Waals surface area contributed by atoms with Crippen LogP contribution in [0.2, 0.25) is 0 Å². The average molecular weight is 399 g/mol. The summed E-state index contributed by atoms with van der Waals surface area (Å²) in [5.41, 5.74) is 1.43. The molecule has 1 saturated heterocycles. The summed E-state index contributed by atoms with van der Waals surface area (Å²) in [6.07, 6.45) is 0.840. The van der Waals surface area contributed by atoms with Crippen molar-refractivity contribution in [2.75, 3.05) is 19.6 Å². The van der Waals surface area contributed by atoms with E-state index >= 15 is 0 Å². The molecular weight excluding hydrogens is 380 g/mol. The van der Waals surface area contributed by atoms with Gasteiger partial charge in [-0.3, -0.25) is 14.3 Å². The highest BCUT2D eigenvalue weighted by molar-refractivity contribution is 5.95. The van der Waals surface area contributed by atoms with Gasteiger partial charge in [-0.2, -0.15) is 10.4 Å². The number of aromatic nitrogens is 2. The van der Waals surface area contributed by atoms with Gasteiger partial charge in [-0.15, -0.1) is 0 Å². The number of carbonyl (C=O) groups excluding carboxylic acids is 2. The summed E-state index contributed by atoms with van der Waals surface area (Å²) in [6.45, 7) is 0.335. The number of nitrogens with zero attached hydrogens (tertiary/aromatic N) is 5. The molecule has 1 fully saturated rings. The number of halogens is 2. The number of hydrogen-bond donors (Lipinski definition) is 0. The maximum atomic E-state index is 13.5. The quantitative estimate of drug-likeness (QED) is 0.775. The summed E-state index contributed by atoms with van der Waals surface area (Å²) < 4.78 is 28.5. The Kier molecular flexibility index (Phi) is 4.78. The van der Waals surface area contributed by atoms with E-state index in [1.807, 2.05) is 6.07 Å². The summed E-state index contributed by atoms with van der Waals surface area (Å²) >= 11 is 0. The summed E-state index contributed by atoms with van der Waals surface area (Å²) in [5.74, 6) is -3.35. The molecule has 1 aromatic carbocycles. The van der Waals surface area contributed by atoms with E-state index in [1.54, 1.807) is 35.1 Å². The molecule has 2 amide bonds. The molecule has 2 aromatic rings. The molecule has 0 N–H and O–H groups in total. The highest BCUT2D eigenvalue weighted by atomic mass is 19.3. The molecule has 2 aliphatic rings. The second kappa shape index (κ2) is 7.28. The van der Waals surface area contributed by atoms with Crippen molar-refractivity contribution < 1.29 is 18.4 Å². The number of piperidine rings is 1. The zero-order valence-corrected chi connectivity index (χ0v) is 15.6. The fourth-order valence-corrected chi connectivity index (χ4v) is 3.80. The maximum Gasteiger partial charge on any atom is 0.254 e. The van der Waals surface area contributed by atoms with Crippen LogP contribution >= 0.6 is 0 Å². The van der Waals surface area contributed by atoms with E-state index < -0.39 is 12.0 Å². The molecule has 0 radical (unpaired) electrons. The van der Waals surface area contributed by atoms with Gasteiger partial charge in [-0.05, 0) is 24.3 Å². The number of alkyl halides is 2. The lowest BCUT2D eigenvalue weighted by atomic mass is 10.0. The van der Waals surface area contributed by atoms with Crippen LogP contribution in [0.5, 0.6) is 0 Å². The number of carbonyl (C=O) groups is 2. The van der Waals surface area contributed by atoms with E-state index in [4.69, 9.17) is 5.26 Å². The fourth-order valence-electron chi connectivity index (χ4n) is 3.80. The Morgan fingerprint density at radius 3 is 2.66 bits per heavy atom. The third-order valence-electron chi connectivity index (χ3n) is 5.41. The van der Waals surface area contributed by atoms with Crippen LogP contribution in [0, 0.1) is 11.3 Å². The molecule has 2 aliphatic heterocycles. The van der Waals surface area contributed by atoms with Gasteiger partial charge in [-0.25, -0.2) is 8.78 Å². The maximum absolute atomic E-state index is 13.5. The SMILES string of the molecule is N#Cc1cccc(C(=O)N2Cc3ccnn3[C@@H](C(=O)N3CCC(F)(F)CC3)C2)c1. The van der Waals surface area contributed by atoms with Crippen molar-refractivity contribution in [1.29, 1.82) is 5.26 Å². The van der Waals surface area contributed by atoms with Crippen molar-refractivity contribution in [2.45, 2.75) is 31.4 Å². The highest BCUT2D eigenvalue weighted by Crippen LogP contribution is 2.30. The summed E-state index contributed by atoms with van der Waals surface area (Å²) in [4.78, 5) is 29.0. The smallest absolute Gasteiger partial charge is 0.254 e. The Morgan fingerprint density at radius 1 is 1.17 bits per heavy atom. The number of rotatable bonds is 2. The zero-order valence-electron chi connectivity index (χ0n) is 15.6. The monoisotopic (exact) mass is 399 g/mol. The molecule has 1 atom stereocenters. The normalized spacial score (nSPS) is 20.7. The second-order valence-electron chi connectivity index (χ2n) is 7.34. The summed E-state index contributed by atoms with van der Waals surface area (Å²) in [5, 5.41) is 13.3. The minimum absolute atomic E-state index is 0.0168. The summed E-state index contributed by atoms with van der Waals surface area (Å²) in [7, 11) is 0. The highest BCUT2D eigenvalue weighted by Gasteiger charge is 2.40. The molecule has 150 valence electrons. The van der Waals surface area contributed by atoms with Crippen molar-refractivity contribution >= 4 is 11.8 Å². The van der Waals surface area contributed by atoms with Gasteiger partial charge in [0.1, 0.15) is 6.04 Å². The van der Waals surface area contributed by atoms with E-state index in [9.17, 15) is 18.4 Å². The fraction of sp³-hybridized carbons (Fsp3) is 0.400. The van der Waals surface area contributed by atoms with Crippen molar-refractivity contribution in [3.63, 3.8) is 0 Å². The van der Waals surface area contributed by atoms with Crippen LogP contribution in [0.15, 0.2) is 36.5 Å². The first-order valence-electron chi connectivity index (χ1n) is 9.36. The second-order valence-corrected chi connectivity index (χ2v) is 7.34. The van der Waals surface area contributed by atoms with E-state index in [-0.39, 0.29) is 50.8 Å². The first-order valence-corrected chi connectivity index (χ1v) is 9.36. The summed E-state index contributed by atoms with van der Waals surface area (Å²) in [6, 6.07) is 9.36. The number of hydrogen-bond acceptors (Lipinski definition) is 4. The van der Waals surface area contributed by atoms with Gasteiger partial charge in [0.2, 0.25) is 5.91 Å². The Labute approximate surface area is 166 Å². The predicted molar refractivity (Wildman–Crippen MR) is 97.9 cm³/mol. The first kappa shape index (κ1) is 19.1. The van der Waals surface area contributed by atoms with Crippen LogP contribution in [-0.2, 0) is 11.3 Å². The van der Waals surface area contributed by atoms with E-state index in [0.29, 0.717) is 16.8 Å². The molecule has 29 heavy (non-hydrogen) atoms. The molecular formula is C20H19F2N5O2. The molecule has 4 rings (SSSR count). The van der Waals surface area contributed by atoms with Crippen LogP contribution in [0.4, 0.5) is 8.78 Å². The van der Waals surface area contributed by atoms with Crippen LogP contribution in [0.25, 0.3) is 0 Å². The van der Waals surface area contributed by atoms with E-state index in [2.05, 4.69) is 5.10 Å². The molecule has 0 spiro atoms. The standard InChI is InChI=1S/C20H19F2N5O2/c21-20(22)5-8-25(9-6-20)19(29)17-13-26(12-16-4-7-24-27(16)17)18(28)15-3-1-2-14(10-15)11-23/h1-4,7,10,17H,5-6,8-9,12-13H2/t17-/m1/s1. The van der Waals surface area contributed by atoms with E-state index in [1.165, 1.54) is 15.9 Å². The lowest BCUT2D eigenvalue weighted by Gasteiger charge is -2.38. The number of nitriles is 1. The van der Waals surface area contributed by atoms with Crippen molar-refractivity contribution in [2.24, 2.45) is 0 Å². The van der Waals surface area contributed by atoms with Gasteiger partial charge in [0.25, 0.3) is 11.8 Å². The van der Waals surface area contributed by atoms with Crippen LogP contribution in [0.3, 0.4) is 0 Å². The molecule has 0 bridgehead atoms.